The zero-order chi connectivity index (χ0) is 26.9. The molecular formula is C27H24Cl2N4O5. The van der Waals surface area contributed by atoms with Crippen molar-refractivity contribution in [3.05, 3.63) is 104 Å². The summed E-state index contributed by atoms with van der Waals surface area (Å²) in [6.45, 7) is 1.12. The first-order valence-corrected chi connectivity index (χ1v) is 12.5. The molecular weight excluding hydrogens is 531 g/mol. The van der Waals surface area contributed by atoms with Crippen molar-refractivity contribution in [3.8, 4) is 0 Å². The molecule has 4 rings (SSSR count). The standard InChI is InChI=1S/C27H24Cl2N4O5/c28-23-5-1-19(2-6-23)17-37-30-13-21-15-32(25-9-11-26(12-10-25)33(35)36)16-22(27(21)34)14-31-38-18-20-3-7-24(29)8-4-20/h1-14,21-22H,15-18H2. The quantitative estimate of drug-likeness (QED) is 0.174. The first-order chi connectivity index (χ1) is 18.4. The van der Waals surface area contributed by atoms with Crippen molar-refractivity contribution in [1.82, 2.24) is 0 Å². The summed E-state index contributed by atoms with van der Waals surface area (Å²) in [6, 6.07) is 20.5. The number of anilines is 1. The van der Waals surface area contributed by atoms with Gasteiger partial charge >= 0.3 is 0 Å². The zero-order valence-corrected chi connectivity index (χ0v) is 21.7. The van der Waals surface area contributed by atoms with E-state index in [1.807, 2.05) is 29.2 Å². The molecule has 0 radical (unpaired) electrons. The van der Waals surface area contributed by atoms with Gasteiger partial charge in [0.1, 0.15) is 13.2 Å². The number of hydrogen-bond donors (Lipinski definition) is 0. The van der Waals surface area contributed by atoms with Crippen LogP contribution in [0.15, 0.2) is 83.1 Å². The average Bonchev–Trinajstić information content (AvgIpc) is 2.92. The maximum Gasteiger partial charge on any atom is 0.269 e. The molecule has 2 atom stereocenters. The highest BCUT2D eigenvalue weighted by molar-refractivity contribution is 6.30. The maximum absolute atomic E-state index is 13.2. The van der Waals surface area contributed by atoms with E-state index in [1.54, 1.807) is 36.4 Å². The smallest absolute Gasteiger partial charge is 0.269 e. The van der Waals surface area contributed by atoms with Gasteiger partial charge in [-0.2, -0.15) is 0 Å². The van der Waals surface area contributed by atoms with E-state index in [-0.39, 0.29) is 24.7 Å². The Morgan fingerprint density at radius 1 is 0.816 bits per heavy atom. The molecule has 9 nitrogen and oxygen atoms in total. The molecule has 196 valence electrons. The van der Waals surface area contributed by atoms with Crippen molar-refractivity contribution < 1.29 is 19.4 Å². The minimum atomic E-state index is -0.586. The van der Waals surface area contributed by atoms with Crippen molar-refractivity contribution >= 4 is 52.8 Å². The number of carbonyl (C=O) groups excluding carboxylic acids is 1. The van der Waals surface area contributed by atoms with Crippen molar-refractivity contribution in [2.75, 3.05) is 18.0 Å². The minimum absolute atomic E-state index is 0.00994. The van der Waals surface area contributed by atoms with Gasteiger partial charge in [0.05, 0.1) is 29.2 Å². The summed E-state index contributed by atoms with van der Waals surface area (Å²) in [7, 11) is 0. The fourth-order valence-electron chi connectivity index (χ4n) is 3.86. The number of halogens is 2. The Balaban J connectivity index is 1.43. The van der Waals surface area contributed by atoms with Crippen molar-refractivity contribution in [2.45, 2.75) is 13.2 Å². The third-order valence-electron chi connectivity index (χ3n) is 5.91. The van der Waals surface area contributed by atoms with Crippen molar-refractivity contribution in [2.24, 2.45) is 22.1 Å². The van der Waals surface area contributed by atoms with Gasteiger partial charge in [-0.05, 0) is 47.5 Å². The largest absolute Gasteiger partial charge is 0.391 e. The van der Waals surface area contributed by atoms with Gasteiger partial charge in [-0.15, -0.1) is 0 Å². The van der Waals surface area contributed by atoms with E-state index in [4.69, 9.17) is 32.9 Å². The topological polar surface area (TPSA) is 107 Å². The van der Waals surface area contributed by atoms with Crippen LogP contribution in [0.2, 0.25) is 10.0 Å². The number of hydrogen-bond acceptors (Lipinski definition) is 8. The highest BCUT2D eigenvalue weighted by atomic mass is 35.5. The third kappa shape index (κ3) is 7.53. The molecule has 0 aromatic heterocycles. The van der Waals surface area contributed by atoms with E-state index in [0.717, 1.165) is 16.8 Å². The van der Waals surface area contributed by atoms with Crippen LogP contribution in [-0.2, 0) is 27.7 Å². The van der Waals surface area contributed by atoms with Crippen LogP contribution in [0.5, 0.6) is 0 Å². The number of oxime groups is 2. The van der Waals surface area contributed by atoms with E-state index in [2.05, 4.69) is 10.3 Å². The Hall–Kier alpha value is -3.95. The summed E-state index contributed by atoms with van der Waals surface area (Å²) in [5, 5.41) is 20.3. The molecule has 1 fully saturated rings. The number of Topliss-reactive ketones (excluding diaryl/α,β-unsaturated/α-hetero) is 1. The van der Waals surface area contributed by atoms with Crippen LogP contribution in [0.25, 0.3) is 0 Å². The molecule has 0 saturated carbocycles. The number of piperidine rings is 1. The highest BCUT2D eigenvalue weighted by Crippen LogP contribution is 2.25. The predicted octanol–water partition coefficient (Wildman–Crippen LogP) is 5.93. The molecule has 38 heavy (non-hydrogen) atoms. The summed E-state index contributed by atoms with van der Waals surface area (Å²) in [5.41, 5.74) is 2.50. The van der Waals surface area contributed by atoms with Crippen LogP contribution in [0.1, 0.15) is 11.1 Å². The molecule has 11 heteroatoms. The summed E-state index contributed by atoms with van der Waals surface area (Å²) in [6.07, 6.45) is 2.95. The lowest BCUT2D eigenvalue weighted by molar-refractivity contribution is -0.384. The molecule has 1 aliphatic heterocycles. The number of benzene rings is 3. The molecule has 0 amide bonds. The molecule has 0 spiro atoms. The highest BCUT2D eigenvalue weighted by Gasteiger charge is 2.34. The van der Waals surface area contributed by atoms with E-state index in [9.17, 15) is 14.9 Å². The van der Waals surface area contributed by atoms with Crippen LogP contribution in [0.4, 0.5) is 11.4 Å². The number of nitro groups is 1. The van der Waals surface area contributed by atoms with E-state index in [1.165, 1.54) is 24.6 Å². The monoisotopic (exact) mass is 554 g/mol. The van der Waals surface area contributed by atoms with Crippen molar-refractivity contribution in [1.29, 1.82) is 0 Å². The fraction of sp³-hybridized carbons (Fsp3) is 0.222. The van der Waals surface area contributed by atoms with Gasteiger partial charge in [-0.25, -0.2) is 0 Å². The number of rotatable bonds is 10. The Morgan fingerprint density at radius 3 is 1.68 bits per heavy atom. The number of carbonyl (C=O) groups is 1. The fourth-order valence-corrected chi connectivity index (χ4v) is 4.11. The van der Waals surface area contributed by atoms with Gasteiger partial charge in [-0.3, -0.25) is 14.9 Å². The summed E-state index contributed by atoms with van der Waals surface area (Å²) in [5.74, 6) is -1.26. The molecule has 1 heterocycles. The second-order valence-corrected chi connectivity index (χ2v) is 9.48. The lowest BCUT2D eigenvalue weighted by atomic mass is 9.88. The van der Waals surface area contributed by atoms with E-state index >= 15 is 0 Å². The number of ketones is 1. The molecule has 1 aliphatic rings. The molecule has 2 unspecified atom stereocenters. The Kier molecular flexibility index (Phi) is 9.29. The van der Waals surface area contributed by atoms with Crippen LogP contribution >= 0.6 is 23.2 Å². The van der Waals surface area contributed by atoms with Crippen LogP contribution < -0.4 is 4.90 Å². The van der Waals surface area contributed by atoms with Gasteiger partial charge in [-0.1, -0.05) is 57.8 Å². The zero-order valence-electron chi connectivity index (χ0n) is 20.2. The van der Waals surface area contributed by atoms with Gasteiger partial charge in [0.25, 0.3) is 5.69 Å². The summed E-state index contributed by atoms with van der Waals surface area (Å²) < 4.78 is 0. The SMILES string of the molecule is O=C1C(C=NOCc2ccc(Cl)cc2)CN(c2ccc([N+](=O)[O-])cc2)CC1C=NOCc1ccc(Cl)cc1. The third-order valence-corrected chi connectivity index (χ3v) is 6.41. The summed E-state index contributed by atoms with van der Waals surface area (Å²) in [4.78, 5) is 36.5. The van der Waals surface area contributed by atoms with Gasteiger partial charge < -0.3 is 14.6 Å². The first kappa shape index (κ1) is 27.1. The van der Waals surface area contributed by atoms with Crippen LogP contribution in [-0.4, -0.2) is 36.2 Å². The molecule has 3 aromatic carbocycles. The second kappa shape index (κ2) is 13.0. The Bertz CT molecular complexity index is 1230. The lowest BCUT2D eigenvalue weighted by Crippen LogP contribution is -2.48. The molecule has 1 saturated heterocycles. The van der Waals surface area contributed by atoms with Crippen molar-refractivity contribution in [3.63, 3.8) is 0 Å². The average molecular weight is 555 g/mol. The van der Waals surface area contributed by atoms with Gasteiger partial charge in [0.2, 0.25) is 0 Å². The van der Waals surface area contributed by atoms with Gasteiger partial charge in [0.15, 0.2) is 5.78 Å². The maximum atomic E-state index is 13.2. The molecule has 0 N–H and O–H groups in total. The number of nitrogens with zero attached hydrogens (tertiary/aromatic N) is 4. The normalized spacial score (nSPS) is 17.7. The minimum Gasteiger partial charge on any atom is -0.391 e. The number of non-ortho nitro benzene ring substituents is 1. The van der Waals surface area contributed by atoms with Crippen LogP contribution in [0, 0.1) is 22.0 Å². The first-order valence-electron chi connectivity index (χ1n) is 11.7. The van der Waals surface area contributed by atoms with E-state index in [0.29, 0.717) is 23.1 Å². The van der Waals surface area contributed by atoms with Gasteiger partial charge in [0, 0.05) is 41.0 Å². The van der Waals surface area contributed by atoms with Crippen LogP contribution in [0.3, 0.4) is 0 Å². The Labute approximate surface area is 229 Å². The lowest BCUT2D eigenvalue weighted by Gasteiger charge is -2.35. The molecule has 0 bridgehead atoms. The second-order valence-electron chi connectivity index (χ2n) is 8.60. The summed E-state index contributed by atoms with van der Waals surface area (Å²) >= 11 is 11.8. The predicted molar refractivity (Wildman–Crippen MR) is 147 cm³/mol. The van der Waals surface area contributed by atoms with E-state index < -0.39 is 16.8 Å². The number of nitro benzene ring substituents is 1. The molecule has 0 aliphatic carbocycles. The molecule has 3 aromatic rings. The Morgan fingerprint density at radius 2 is 1.26 bits per heavy atom.